The molecular formula is C27H18BrNO2. The molecule has 0 radical (unpaired) electrons. The smallest absolute Gasteiger partial charge is 0.261 e. The van der Waals surface area contributed by atoms with Crippen LogP contribution < -0.4 is 4.90 Å². The zero-order chi connectivity index (χ0) is 21.0. The quantitative estimate of drug-likeness (QED) is 0.339. The van der Waals surface area contributed by atoms with E-state index in [0.29, 0.717) is 5.56 Å². The largest absolute Gasteiger partial charge is 0.333 e. The number of ether oxygens (including phenoxy) is 1. The van der Waals surface area contributed by atoms with Crippen molar-refractivity contribution >= 4 is 27.5 Å². The summed E-state index contributed by atoms with van der Waals surface area (Å²) in [7, 11) is 0. The van der Waals surface area contributed by atoms with Crippen molar-refractivity contribution in [2.75, 3.05) is 4.90 Å². The molecule has 1 amide bonds. The molecule has 4 heteroatoms. The lowest BCUT2D eigenvalue weighted by Gasteiger charge is -2.46. The van der Waals surface area contributed by atoms with Crippen molar-refractivity contribution in [3.05, 3.63) is 135 Å². The zero-order valence-electron chi connectivity index (χ0n) is 16.5. The molecule has 2 aliphatic heterocycles. The fourth-order valence-electron chi connectivity index (χ4n) is 4.83. The first-order valence-electron chi connectivity index (χ1n) is 10.2. The molecule has 0 saturated heterocycles. The first kappa shape index (κ1) is 18.6. The molecule has 150 valence electrons. The van der Waals surface area contributed by atoms with E-state index >= 15 is 0 Å². The van der Waals surface area contributed by atoms with Crippen molar-refractivity contribution in [2.45, 2.75) is 11.8 Å². The predicted molar refractivity (Wildman–Crippen MR) is 124 cm³/mol. The molecule has 0 bridgehead atoms. The fourth-order valence-corrected chi connectivity index (χ4v) is 5.19. The van der Waals surface area contributed by atoms with Gasteiger partial charge in [0, 0.05) is 21.2 Å². The van der Waals surface area contributed by atoms with Crippen molar-refractivity contribution in [2.24, 2.45) is 0 Å². The van der Waals surface area contributed by atoms with Gasteiger partial charge in [0.15, 0.2) is 6.23 Å². The summed E-state index contributed by atoms with van der Waals surface area (Å²) >= 11 is 3.51. The van der Waals surface area contributed by atoms with Gasteiger partial charge in [-0.3, -0.25) is 9.69 Å². The van der Waals surface area contributed by atoms with E-state index in [1.807, 2.05) is 72.8 Å². The zero-order valence-corrected chi connectivity index (χ0v) is 18.1. The summed E-state index contributed by atoms with van der Waals surface area (Å²) in [4.78, 5) is 15.2. The monoisotopic (exact) mass is 467 g/mol. The summed E-state index contributed by atoms with van der Waals surface area (Å²) in [6.45, 7) is 0. The van der Waals surface area contributed by atoms with Crippen LogP contribution in [-0.2, 0) is 10.3 Å². The van der Waals surface area contributed by atoms with Gasteiger partial charge in [-0.1, -0.05) is 101 Å². The summed E-state index contributed by atoms with van der Waals surface area (Å²) in [6, 6.07) is 34.4. The lowest BCUT2D eigenvalue weighted by Crippen LogP contribution is -2.45. The van der Waals surface area contributed by atoms with Gasteiger partial charge in [-0.25, -0.2) is 0 Å². The maximum Gasteiger partial charge on any atom is 0.261 e. The Morgan fingerprint density at radius 3 is 2.06 bits per heavy atom. The van der Waals surface area contributed by atoms with Crippen molar-refractivity contribution in [1.29, 1.82) is 0 Å². The van der Waals surface area contributed by atoms with Crippen LogP contribution in [0.2, 0.25) is 0 Å². The number of rotatable bonds is 2. The van der Waals surface area contributed by atoms with Gasteiger partial charge in [0.25, 0.3) is 5.91 Å². The van der Waals surface area contributed by atoms with E-state index in [0.717, 1.165) is 32.4 Å². The molecule has 0 aliphatic carbocycles. The number of benzene rings is 4. The number of carbonyl (C=O) groups excluding carboxylic acids is 1. The molecule has 0 spiro atoms. The normalized spacial score (nSPS) is 18.3. The van der Waals surface area contributed by atoms with Crippen molar-refractivity contribution in [3.8, 4) is 0 Å². The van der Waals surface area contributed by atoms with Gasteiger partial charge >= 0.3 is 0 Å². The Labute approximate surface area is 189 Å². The van der Waals surface area contributed by atoms with Gasteiger partial charge in [-0.05, 0) is 29.3 Å². The summed E-state index contributed by atoms with van der Waals surface area (Å²) in [6.07, 6.45) is -0.508. The van der Waals surface area contributed by atoms with Crippen LogP contribution in [-0.4, -0.2) is 5.91 Å². The fraction of sp³-hybridized carbons (Fsp3) is 0.0741. The molecule has 0 fully saturated rings. The Bertz CT molecular complexity index is 1260. The first-order valence-corrected chi connectivity index (χ1v) is 11.0. The highest BCUT2D eigenvalue weighted by atomic mass is 79.9. The molecule has 31 heavy (non-hydrogen) atoms. The molecule has 0 aromatic heterocycles. The number of amides is 1. The van der Waals surface area contributed by atoms with Crippen LogP contribution in [0.25, 0.3) is 0 Å². The Hall–Kier alpha value is -3.21. The SMILES string of the molecule is O=C1c2cc(Br)ccc2[C@H]2OC(c3ccccc3)(c3ccccc3)c3ccccc3N12. The molecule has 0 N–H and O–H groups in total. The third-order valence-corrected chi connectivity index (χ3v) is 6.65. The Morgan fingerprint density at radius 2 is 1.39 bits per heavy atom. The average molecular weight is 468 g/mol. The molecule has 4 aromatic carbocycles. The molecule has 1 atom stereocenters. The van der Waals surface area contributed by atoms with Crippen molar-refractivity contribution in [3.63, 3.8) is 0 Å². The highest BCUT2D eigenvalue weighted by Gasteiger charge is 2.52. The van der Waals surface area contributed by atoms with E-state index in [4.69, 9.17) is 4.74 Å². The van der Waals surface area contributed by atoms with E-state index < -0.39 is 11.8 Å². The minimum Gasteiger partial charge on any atom is -0.333 e. The number of hydrogen-bond donors (Lipinski definition) is 0. The van der Waals surface area contributed by atoms with Gasteiger partial charge in [0.1, 0.15) is 5.60 Å². The Morgan fingerprint density at radius 1 is 0.774 bits per heavy atom. The van der Waals surface area contributed by atoms with E-state index in [1.54, 1.807) is 4.90 Å². The third-order valence-electron chi connectivity index (χ3n) is 6.16. The molecule has 3 nitrogen and oxygen atoms in total. The van der Waals surface area contributed by atoms with Crippen LogP contribution in [0.1, 0.15) is 38.8 Å². The summed E-state index contributed by atoms with van der Waals surface area (Å²) in [5, 5.41) is 0. The number of halogens is 1. The highest BCUT2D eigenvalue weighted by molar-refractivity contribution is 9.10. The standard InChI is InChI=1S/C27H18BrNO2/c28-20-15-16-21-22(17-20)25(30)29-24-14-8-7-13-23(24)27(31-26(21)29,18-9-3-1-4-10-18)19-11-5-2-6-12-19/h1-17,26H/t26-/m1/s1. The van der Waals surface area contributed by atoms with E-state index in [2.05, 4.69) is 46.3 Å². The lowest BCUT2D eigenvalue weighted by molar-refractivity contribution is -0.0539. The van der Waals surface area contributed by atoms with Gasteiger partial charge in [-0.2, -0.15) is 0 Å². The maximum atomic E-state index is 13.5. The summed E-state index contributed by atoms with van der Waals surface area (Å²) in [5.74, 6) is -0.0385. The first-order chi connectivity index (χ1) is 15.2. The molecule has 0 saturated carbocycles. The number of para-hydroxylation sites is 1. The van der Waals surface area contributed by atoms with Gasteiger partial charge in [0.2, 0.25) is 0 Å². The molecule has 4 aromatic rings. The Balaban J connectivity index is 1.69. The average Bonchev–Trinajstić information content (AvgIpc) is 3.10. The van der Waals surface area contributed by atoms with E-state index in [9.17, 15) is 4.79 Å². The minimum absolute atomic E-state index is 0.0385. The maximum absolute atomic E-state index is 13.5. The molecule has 2 aliphatic rings. The van der Waals surface area contributed by atoms with Gasteiger partial charge < -0.3 is 4.74 Å². The van der Waals surface area contributed by atoms with Crippen molar-refractivity contribution in [1.82, 2.24) is 0 Å². The third kappa shape index (κ3) is 2.59. The minimum atomic E-state index is -0.838. The summed E-state index contributed by atoms with van der Waals surface area (Å²) < 4.78 is 7.90. The molecule has 0 unspecified atom stereocenters. The van der Waals surface area contributed by atoms with Gasteiger partial charge in [-0.15, -0.1) is 0 Å². The molecule has 2 heterocycles. The number of carbonyl (C=O) groups is 1. The second kappa shape index (κ2) is 6.91. The Kier molecular flexibility index (Phi) is 4.13. The second-order valence-corrected chi connectivity index (χ2v) is 8.72. The predicted octanol–water partition coefficient (Wildman–Crippen LogP) is 6.43. The second-order valence-electron chi connectivity index (χ2n) is 7.81. The summed E-state index contributed by atoms with van der Waals surface area (Å²) in [5.41, 5.74) is 4.63. The topological polar surface area (TPSA) is 29.5 Å². The number of hydrogen-bond acceptors (Lipinski definition) is 2. The lowest BCUT2D eigenvalue weighted by atomic mass is 9.78. The van der Waals surface area contributed by atoms with Crippen molar-refractivity contribution < 1.29 is 9.53 Å². The van der Waals surface area contributed by atoms with Crippen LogP contribution in [0.5, 0.6) is 0 Å². The van der Waals surface area contributed by atoms with Crippen LogP contribution in [0.3, 0.4) is 0 Å². The highest BCUT2D eigenvalue weighted by Crippen LogP contribution is 2.55. The van der Waals surface area contributed by atoms with Crippen LogP contribution in [0.4, 0.5) is 5.69 Å². The number of fused-ring (bicyclic) bond motifs is 5. The number of anilines is 1. The molecular weight excluding hydrogens is 450 g/mol. The van der Waals surface area contributed by atoms with Crippen LogP contribution >= 0.6 is 15.9 Å². The molecule has 6 rings (SSSR count). The van der Waals surface area contributed by atoms with Crippen LogP contribution in [0, 0.1) is 0 Å². The van der Waals surface area contributed by atoms with E-state index in [-0.39, 0.29) is 5.91 Å². The van der Waals surface area contributed by atoms with Crippen LogP contribution in [0.15, 0.2) is 108 Å². The van der Waals surface area contributed by atoms with Gasteiger partial charge in [0.05, 0.1) is 5.69 Å². The number of nitrogens with zero attached hydrogens (tertiary/aromatic N) is 1. The van der Waals surface area contributed by atoms with E-state index in [1.165, 1.54) is 0 Å².